The smallest absolute Gasteiger partial charge is 0.347 e. The minimum atomic E-state index is -1.04. The first-order chi connectivity index (χ1) is 19.6. The molecule has 0 saturated heterocycles. The summed E-state index contributed by atoms with van der Waals surface area (Å²) in [7, 11) is 0. The van der Waals surface area contributed by atoms with Crippen molar-refractivity contribution in [1.82, 2.24) is 0 Å². The SMILES string of the molecule is CCCCCCCCOC(=O)C(C)OC(=O)/C(Cc1ccccc1)=C1\Oc2ccccc2N1Cc1ccccc1. The van der Waals surface area contributed by atoms with Crippen LogP contribution in [0.3, 0.4) is 0 Å². The van der Waals surface area contributed by atoms with E-state index in [2.05, 4.69) is 6.92 Å². The highest BCUT2D eigenvalue weighted by atomic mass is 16.6. The molecular weight excluding hydrogens is 502 g/mol. The Labute approximate surface area is 237 Å². The molecule has 0 aromatic heterocycles. The van der Waals surface area contributed by atoms with Gasteiger partial charge in [0, 0.05) is 6.42 Å². The van der Waals surface area contributed by atoms with Crippen molar-refractivity contribution in [1.29, 1.82) is 0 Å². The number of benzene rings is 3. The Kier molecular flexibility index (Phi) is 10.8. The van der Waals surface area contributed by atoms with E-state index >= 15 is 0 Å². The summed E-state index contributed by atoms with van der Waals surface area (Å²) in [5.74, 6) is -0.0683. The number of anilines is 1. The van der Waals surface area contributed by atoms with Crippen molar-refractivity contribution in [3.63, 3.8) is 0 Å². The van der Waals surface area contributed by atoms with Gasteiger partial charge in [0.1, 0.15) is 5.57 Å². The van der Waals surface area contributed by atoms with E-state index in [0.29, 0.717) is 30.4 Å². The maximum atomic E-state index is 13.7. The van der Waals surface area contributed by atoms with Crippen LogP contribution in [0.2, 0.25) is 0 Å². The number of para-hydroxylation sites is 2. The second-order valence-electron chi connectivity index (χ2n) is 10.1. The van der Waals surface area contributed by atoms with E-state index < -0.39 is 18.0 Å². The monoisotopic (exact) mass is 541 g/mol. The molecule has 0 fully saturated rings. The van der Waals surface area contributed by atoms with Crippen molar-refractivity contribution >= 4 is 17.6 Å². The number of fused-ring (bicyclic) bond motifs is 1. The lowest BCUT2D eigenvalue weighted by Crippen LogP contribution is -2.30. The summed E-state index contributed by atoms with van der Waals surface area (Å²) in [6.07, 6.45) is 5.83. The highest BCUT2D eigenvalue weighted by molar-refractivity contribution is 5.93. The Morgan fingerprint density at radius 3 is 2.15 bits per heavy atom. The molecule has 210 valence electrons. The van der Waals surface area contributed by atoms with Gasteiger partial charge in [0.05, 0.1) is 18.8 Å². The summed E-state index contributed by atoms with van der Waals surface area (Å²) in [5.41, 5.74) is 3.21. The molecule has 1 atom stereocenters. The van der Waals surface area contributed by atoms with Gasteiger partial charge in [-0.3, -0.25) is 0 Å². The molecule has 0 amide bonds. The molecule has 3 aromatic rings. The van der Waals surface area contributed by atoms with E-state index in [0.717, 1.165) is 36.1 Å². The Bertz CT molecular complexity index is 1270. The Morgan fingerprint density at radius 2 is 1.43 bits per heavy atom. The van der Waals surface area contributed by atoms with Crippen LogP contribution in [0, 0.1) is 0 Å². The summed E-state index contributed by atoms with van der Waals surface area (Å²) in [5, 5.41) is 0. The van der Waals surface area contributed by atoms with Crippen molar-refractivity contribution < 1.29 is 23.8 Å². The van der Waals surface area contributed by atoms with Gasteiger partial charge >= 0.3 is 11.9 Å². The second-order valence-corrected chi connectivity index (χ2v) is 10.1. The van der Waals surface area contributed by atoms with Gasteiger partial charge < -0.3 is 19.1 Å². The van der Waals surface area contributed by atoms with E-state index in [-0.39, 0.29) is 6.42 Å². The number of ether oxygens (including phenoxy) is 3. The van der Waals surface area contributed by atoms with Crippen molar-refractivity contribution in [3.8, 4) is 5.75 Å². The van der Waals surface area contributed by atoms with Crippen LogP contribution in [0.4, 0.5) is 5.69 Å². The van der Waals surface area contributed by atoms with Crippen LogP contribution in [0.5, 0.6) is 5.75 Å². The van der Waals surface area contributed by atoms with Crippen LogP contribution in [0.1, 0.15) is 63.5 Å². The highest BCUT2D eigenvalue weighted by Gasteiger charge is 2.33. The van der Waals surface area contributed by atoms with Crippen molar-refractivity contribution in [2.75, 3.05) is 11.5 Å². The van der Waals surface area contributed by atoms with Gasteiger partial charge in [0.2, 0.25) is 5.88 Å². The van der Waals surface area contributed by atoms with Crippen LogP contribution < -0.4 is 9.64 Å². The number of hydrogen-bond acceptors (Lipinski definition) is 6. The first-order valence-electron chi connectivity index (χ1n) is 14.3. The number of rotatable bonds is 14. The number of esters is 2. The summed E-state index contributed by atoms with van der Waals surface area (Å²) in [6, 6.07) is 27.4. The number of carbonyl (C=O) groups excluding carboxylic acids is 2. The molecular formula is C34H39NO5. The molecule has 0 spiro atoms. The van der Waals surface area contributed by atoms with Gasteiger partial charge in [-0.15, -0.1) is 0 Å². The topological polar surface area (TPSA) is 65.1 Å². The predicted molar refractivity (Wildman–Crippen MR) is 157 cm³/mol. The number of carbonyl (C=O) groups is 2. The van der Waals surface area contributed by atoms with Crippen LogP contribution >= 0.6 is 0 Å². The minimum absolute atomic E-state index is 0.286. The fourth-order valence-electron chi connectivity index (χ4n) is 4.67. The first-order valence-corrected chi connectivity index (χ1v) is 14.3. The van der Waals surface area contributed by atoms with E-state index in [1.807, 2.05) is 89.8 Å². The third kappa shape index (κ3) is 7.98. The maximum absolute atomic E-state index is 13.7. The molecule has 3 aromatic carbocycles. The zero-order valence-corrected chi connectivity index (χ0v) is 23.5. The minimum Gasteiger partial charge on any atom is -0.463 e. The van der Waals surface area contributed by atoms with Crippen molar-refractivity contribution in [2.24, 2.45) is 0 Å². The van der Waals surface area contributed by atoms with E-state index in [1.165, 1.54) is 19.3 Å². The first kappa shape index (κ1) is 28.9. The van der Waals surface area contributed by atoms with Gasteiger partial charge in [0.25, 0.3) is 0 Å². The Hall–Kier alpha value is -4.06. The highest BCUT2D eigenvalue weighted by Crippen LogP contribution is 2.41. The fourth-order valence-corrected chi connectivity index (χ4v) is 4.67. The molecule has 6 nitrogen and oxygen atoms in total. The van der Waals surface area contributed by atoms with Crippen LogP contribution in [-0.4, -0.2) is 24.6 Å². The van der Waals surface area contributed by atoms with E-state index in [9.17, 15) is 9.59 Å². The molecule has 4 rings (SSSR count). The Balaban J connectivity index is 1.53. The van der Waals surface area contributed by atoms with Crippen LogP contribution in [0.15, 0.2) is 96.4 Å². The third-order valence-corrected chi connectivity index (χ3v) is 6.88. The molecule has 1 aliphatic heterocycles. The zero-order chi connectivity index (χ0) is 28.2. The van der Waals surface area contributed by atoms with Gasteiger partial charge in [-0.05, 0) is 36.6 Å². The largest absolute Gasteiger partial charge is 0.463 e. The number of unbranched alkanes of at least 4 members (excludes halogenated alkanes) is 5. The van der Waals surface area contributed by atoms with Crippen molar-refractivity contribution in [3.05, 3.63) is 108 Å². The standard InChI is InChI=1S/C34H39NO5/c1-3-4-5-6-7-16-23-38-33(36)26(2)39-34(37)29(24-27-17-10-8-11-18-27)32-35(25-28-19-12-9-13-20-28)30-21-14-15-22-31(30)40-32/h8-15,17-22,26H,3-7,16,23-25H2,1-2H3/b32-29-. The van der Waals surface area contributed by atoms with Gasteiger partial charge in [-0.25, -0.2) is 9.59 Å². The van der Waals surface area contributed by atoms with Crippen LogP contribution in [0.25, 0.3) is 0 Å². The molecule has 1 heterocycles. The molecule has 0 bridgehead atoms. The van der Waals surface area contributed by atoms with E-state index in [1.54, 1.807) is 6.92 Å². The van der Waals surface area contributed by atoms with Gasteiger partial charge in [-0.2, -0.15) is 0 Å². The van der Waals surface area contributed by atoms with Crippen molar-refractivity contribution in [2.45, 2.75) is 71.4 Å². The average molecular weight is 542 g/mol. The van der Waals surface area contributed by atoms with Crippen LogP contribution in [-0.2, 0) is 32.0 Å². The quantitative estimate of drug-likeness (QED) is 0.121. The normalized spacial score (nSPS) is 14.2. The maximum Gasteiger partial charge on any atom is 0.347 e. The molecule has 0 saturated carbocycles. The second kappa shape index (κ2) is 14.9. The summed E-state index contributed by atoms with van der Waals surface area (Å²) < 4.78 is 17.4. The average Bonchev–Trinajstić information content (AvgIpc) is 3.34. The van der Waals surface area contributed by atoms with Gasteiger partial charge in [0.15, 0.2) is 11.9 Å². The summed E-state index contributed by atoms with van der Waals surface area (Å²) >= 11 is 0. The lowest BCUT2D eigenvalue weighted by Gasteiger charge is -2.22. The Morgan fingerprint density at radius 1 is 0.800 bits per heavy atom. The summed E-state index contributed by atoms with van der Waals surface area (Å²) in [6.45, 7) is 4.57. The summed E-state index contributed by atoms with van der Waals surface area (Å²) in [4.78, 5) is 28.3. The predicted octanol–water partition coefficient (Wildman–Crippen LogP) is 7.38. The molecule has 0 N–H and O–H groups in total. The molecule has 1 aliphatic rings. The number of hydrogen-bond donors (Lipinski definition) is 0. The molecule has 0 radical (unpaired) electrons. The third-order valence-electron chi connectivity index (χ3n) is 6.88. The van der Waals surface area contributed by atoms with E-state index in [4.69, 9.17) is 14.2 Å². The van der Waals surface area contributed by atoms with Gasteiger partial charge in [-0.1, -0.05) is 112 Å². The fraction of sp³-hybridized carbons (Fsp3) is 0.353. The number of nitrogens with zero attached hydrogens (tertiary/aromatic N) is 1. The molecule has 1 unspecified atom stereocenters. The lowest BCUT2D eigenvalue weighted by molar-refractivity contribution is -0.164. The zero-order valence-electron chi connectivity index (χ0n) is 23.5. The lowest BCUT2D eigenvalue weighted by atomic mass is 10.0. The molecule has 0 aliphatic carbocycles. The molecule has 6 heteroatoms. The molecule has 40 heavy (non-hydrogen) atoms.